The van der Waals surface area contributed by atoms with Crippen LogP contribution in [0.2, 0.25) is 0 Å². The second kappa shape index (κ2) is 9.51. The molecular weight excluding hydrogens is 426 g/mol. The molecular formula is C24H32F2N6O. The zero-order chi connectivity index (χ0) is 23.6. The number of nitrogens with zero attached hydrogens (tertiary/aromatic N) is 5. The van der Waals surface area contributed by atoms with Crippen molar-refractivity contribution in [3.8, 4) is 5.75 Å². The van der Waals surface area contributed by atoms with Gasteiger partial charge in [0.15, 0.2) is 5.82 Å². The van der Waals surface area contributed by atoms with Crippen LogP contribution in [0.25, 0.3) is 0 Å². The molecule has 33 heavy (non-hydrogen) atoms. The third-order valence-corrected chi connectivity index (χ3v) is 6.26. The van der Waals surface area contributed by atoms with Crippen molar-refractivity contribution in [3.63, 3.8) is 0 Å². The molecule has 4 rings (SSSR count). The zero-order valence-electron chi connectivity index (χ0n) is 19.5. The quantitative estimate of drug-likeness (QED) is 0.655. The zero-order valence-corrected chi connectivity index (χ0v) is 19.5. The molecule has 1 aromatic carbocycles. The lowest BCUT2D eigenvalue weighted by molar-refractivity contribution is 0.0470. The summed E-state index contributed by atoms with van der Waals surface area (Å²) in [6.07, 6.45) is 5.44. The van der Waals surface area contributed by atoms with Crippen molar-refractivity contribution in [2.45, 2.75) is 37.6 Å². The first-order valence-corrected chi connectivity index (χ1v) is 11.3. The van der Waals surface area contributed by atoms with Gasteiger partial charge in [0, 0.05) is 25.3 Å². The van der Waals surface area contributed by atoms with Crippen molar-refractivity contribution in [1.29, 1.82) is 0 Å². The van der Waals surface area contributed by atoms with E-state index in [9.17, 15) is 8.78 Å². The lowest BCUT2D eigenvalue weighted by atomic mass is 10.1. The number of aromatic nitrogens is 2. The largest absolute Gasteiger partial charge is 0.492 e. The summed E-state index contributed by atoms with van der Waals surface area (Å²) < 4.78 is 35.6. The Balaban J connectivity index is 1.56. The Kier molecular flexibility index (Phi) is 6.69. The van der Waals surface area contributed by atoms with Crippen molar-refractivity contribution >= 4 is 23.1 Å². The number of halogens is 2. The molecule has 0 atom stereocenters. The van der Waals surface area contributed by atoms with Crippen molar-refractivity contribution in [2.24, 2.45) is 0 Å². The van der Waals surface area contributed by atoms with Crippen LogP contribution < -0.4 is 19.9 Å². The fraction of sp³-hybridized carbons (Fsp3) is 0.500. The average molecular weight is 459 g/mol. The summed E-state index contributed by atoms with van der Waals surface area (Å²) >= 11 is 0. The van der Waals surface area contributed by atoms with E-state index in [0.717, 1.165) is 43.7 Å². The Morgan fingerprint density at radius 1 is 1.21 bits per heavy atom. The Bertz CT molecular complexity index is 975. The molecule has 1 aliphatic heterocycles. The topological polar surface area (TPSA) is 56.8 Å². The van der Waals surface area contributed by atoms with E-state index in [1.807, 2.05) is 38.4 Å². The number of hydrogen-bond donors (Lipinski definition) is 1. The van der Waals surface area contributed by atoms with Gasteiger partial charge in [0.2, 0.25) is 5.95 Å². The van der Waals surface area contributed by atoms with Gasteiger partial charge in [-0.3, -0.25) is 0 Å². The highest BCUT2D eigenvalue weighted by Crippen LogP contribution is 2.42. The van der Waals surface area contributed by atoms with Gasteiger partial charge in [-0.1, -0.05) is 19.4 Å². The normalized spacial score (nSPS) is 18.4. The maximum Gasteiger partial charge on any atom is 0.304 e. The van der Waals surface area contributed by atoms with Crippen LogP contribution in [-0.2, 0) is 0 Å². The number of anilines is 4. The second-order valence-corrected chi connectivity index (χ2v) is 8.98. The summed E-state index contributed by atoms with van der Waals surface area (Å²) in [6.45, 7) is 4.67. The van der Waals surface area contributed by atoms with Crippen LogP contribution in [0.3, 0.4) is 0 Å². The molecule has 0 unspecified atom stereocenters. The second-order valence-electron chi connectivity index (χ2n) is 8.98. The molecule has 0 saturated heterocycles. The highest BCUT2D eigenvalue weighted by atomic mass is 19.3. The van der Waals surface area contributed by atoms with E-state index in [1.54, 1.807) is 18.1 Å². The van der Waals surface area contributed by atoms with Crippen LogP contribution in [0.15, 0.2) is 42.7 Å². The van der Waals surface area contributed by atoms with Gasteiger partial charge in [-0.15, -0.1) is 0 Å². The van der Waals surface area contributed by atoms with Crippen LogP contribution in [0.5, 0.6) is 5.75 Å². The first-order chi connectivity index (χ1) is 15.7. The maximum atomic E-state index is 14.9. The summed E-state index contributed by atoms with van der Waals surface area (Å²) in [7, 11) is 5.59. The molecule has 178 valence electrons. The van der Waals surface area contributed by atoms with Crippen LogP contribution in [0, 0.1) is 0 Å². The van der Waals surface area contributed by atoms with Crippen molar-refractivity contribution < 1.29 is 13.5 Å². The van der Waals surface area contributed by atoms with Gasteiger partial charge >= 0.3 is 5.92 Å². The molecule has 9 heteroatoms. The van der Waals surface area contributed by atoms with E-state index >= 15 is 0 Å². The van der Waals surface area contributed by atoms with Gasteiger partial charge in [-0.05, 0) is 51.2 Å². The fourth-order valence-electron chi connectivity index (χ4n) is 4.27. The Labute approximate surface area is 194 Å². The van der Waals surface area contributed by atoms with Gasteiger partial charge in [-0.25, -0.2) is 4.98 Å². The lowest BCUT2D eigenvalue weighted by Gasteiger charge is -2.31. The van der Waals surface area contributed by atoms with Crippen LogP contribution in [-0.4, -0.2) is 67.7 Å². The van der Waals surface area contributed by atoms with Crippen LogP contribution in [0.1, 0.15) is 25.7 Å². The van der Waals surface area contributed by atoms with Crippen molar-refractivity contribution in [1.82, 2.24) is 14.9 Å². The Morgan fingerprint density at radius 3 is 2.58 bits per heavy atom. The van der Waals surface area contributed by atoms with E-state index in [0.29, 0.717) is 24.1 Å². The smallest absolute Gasteiger partial charge is 0.304 e. The predicted octanol–water partition coefficient (Wildman–Crippen LogP) is 4.51. The number of benzene rings is 1. The first-order valence-electron chi connectivity index (χ1n) is 11.3. The minimum Gasteiger partial charge on any atom is -0.492 e. The summed E-state index contributed by atoms with van der Waals surface area (Å²) in [6, 6.07) is 7.57. The standard InChI is InChI=1S/C24H32F2N6O/c1-17-24(25,26)16-32(19-7-5-6-8-19)22-21(31(17)4)15-27-23(29-22)28-18-9-11-20(12-10-18)33-14-13-30(2)3/h9-12,15,19H,1,5-8,13-14,16H2,2-4H3,(H,27,28,29). The average Bonchev–Trinajstić information content (AvgIpc) is 3.30. The molecule has 1 aromatic heterocycles. The molecule has 0 bridgehead atoms. The number of hydrogen-bond acceptors (Lipinski definition) is 7. The SMILES string of the molecule is C=C1N(C)c2cnc(Nc3ccc(OCCN(C)C)cc3)nc2N(C2CCCC2)CC1(F)F. The van der Waals surface area contributed by atoms with E-state index in [-0.39, 0.29) is 11.7 Å². The predicted molar refractivity (Wildman–Crippen MR) is 128 cm³/mol. The third kappa shape index (κ3) is 5.19. The van der Waals surface area contributed by atoms with Gasteiger partial charge in [0.05, 0.1) is 18.4 Å². The van der Waals surface area contributed by atoms with Gasteiger partial charge in [0.25, 0.3) is 0 Å². The number of fused-ring (bicyclic) bond motifs is 1. The number of nitrogens with one attached hydrogen (secondary N) is 1. The molecule has 2 aliphatic rings. The van der Waals surface area contributed by atoms with E-state index in [2.05, 4.69) is 26.8 Å². The van der Waals surface area contributed by atoms with Crippen molar-refractivity contribution in [2.75, 3.05) is 56.0 Å². The molecule has 1 fully saturated rings. The Hall–Kier alpha value is -2.94. The van der Waals surface area contributed by atoms with Gasteiger partial charge in [0.1, 0.15) is 18.0 Å². The summed E-state index contributed by atoms with van der Waals surface area (Å²) in [5.41, 5.74) is 1.09. The minimum absolute atomic E-state index is 0.0373. The number of rotatable bonds is 7. The first kappa shape index (κ1) is 23.2. The summed E-state index contributed by atoms with van der Waals surface area (Å²) in [5.74, 6) is -1.39. The number of likely N-dealkylation sites (N-methyl/N-ethyl adjacent to an activating group) is 1. The summed E-state index contributed by atoms with van der Waals surface area (Å²) in [4.78, 5) is 14.3. The molecule has 2 aromatic rings. The van der Waals surface area contributed by atoms with Gasteiger partial charge < -0.3 is 24.8 Å². The van der Waals surface area contributed by atoms with Crippen LogP contribution in [0.4, 0.5) is 31.9 Å². The van der Waals surface area contributed by atoms with Crippen LogP contribution >= 0.6 is 0 Å². The maximum absolute atomic E-state index is 14.9. The third-order valence-electron chi connectivity index (χ3n) is 6.26. The van der Waals surface area contributed by atoms with Crippen molar-refractivity contribution in [3.05, 3.63) is 42.7 Å². The summed E-state index contributed by atoms with van der Waals surface area (Å²) in [5, 5.41) is 3.19. The number of ether oxygens (including phenoxy) is 1. The lowest BCUT2D eigenvalue weighted by Crippen LogP contribution is -2.43. The van der Waals surface area contributed by atoms with Gasteiger partial charge in [-0.2, -0.15) is 13.8 Å². The van der Waals surface area contributed by atoms with E-state index in [1.165, 1.54) is 4.90 Å². The number of alkyl halides is 2. The minimum atomic E-state index is -3.05. The highest BCUT2D eigenvalue weighted by molar-refractivity contribution is 5.73. The molecule has 1 aliphatic carbocycles. The molecule has 2 heterocycles. The molecule has 1 saturated carbocycles. The van der Waals surface area contributed by atoms with E-state index in [4.69, 9.17) is 4.74 Å². The highest BCUT2D eigenvalue weighted by Gasteiger charge is 2.44. The molecule has 0 amide bonds. The Morgan fingerprint density at radius 2 is 1.91 bits per heavy atom. The molecule has 1 N–H and O–H groups in total. The molecule has 7 nitrogen and oxygen atoms in total. The monoisotopic (exact) mass is 458 g/mol. The molecule has 0 radical (unpaired) electrons. The molecule has 0 spiro atoms. The van der Waals surface area contributed by atoms with E-state index < -0.39 is 12.5 Å². The fourth-order valence-corrected chi connectivity index (χ4v) is 4.27.